The Hall–Kier alpha value is -3.40. The van der Waals surface area contributed by atoms with Gasteiger partial charge in [0.15, 0.2) is 0 Å². The second-order valence-corrected chi connectivity index (χ2v) is 7.95. The Kier molecular flexibility index (Phi) is 4.85. The number of fused-ring (bicyclic) bond motifs is 2. The molecule has 3 amide bonds. The highest BCUT2D eigenvalue weighted by Crippen LogP contribution is 2.34. The molecule has 1 aromatic heterocycles. The molecule has 3 N–H and O–H groups in total. The van der Waals surface area contributed by atoms with Crippen molar-refractivity contribution >= 4 is 28.5 Å². The van der Waals surface area contributed by atoms with Crippen LogP contribution in [0.25, 0.3) is 10.8 Å². The lowest BCUT2D eigenvalue weighted by molar-refractivity contribution is -0.135. The van der Waals surface area contributed by atoms with E-state index in [1.807, 2.05) is 0 Å². The largest absolute Gasteiger partial charge is 0.490 e. The third-order valence-electron chi connectivity index (χ3n) is 6.10. The van der Waals surface area contributed by atoms with Crippen LogP contribution in [0.2, 0.25) is 0 Å². The van der Waals surface area contributed by atoms with Crippen molar-refractivity contribution in [2.45, 2.75) is 6.04 Å². The smallest absolute Gasteiger partial charge is 0.252 e. The molecule has 5 rings (SSSR count). The minimum Gasteiger partial charge on any atom is -0.490 e. The van der Waals surface area contributed by atoms with Crippen LogP contribution < -0.4 is 20.5 Å². The van der Waals surface area contributed by atoms with Crippen LogP contribution in [-0.2, 0) is 14.3 Å². The fraction of sp³-hybridized carbons (Fsp3) is 0.429. The Bertz CT molecular complexity index is 1070. The maximum absolute atomic E-state index is 12.5. The average Bonchev–Trinajstić information content (AvgIpc) is 3.31. The lowest BCUT2D eigenvalue weighted by Gasteiger charge is -2.22. The molecule has 31 heavy (non-hydrogen) atoms. The van der Waals surface area contributed by atoms with Crippen molar-refractivity contribution in [2.75, 3.05) is 39.5 Å². The molecule has 10 heteroatoms. The summed E-state index contributed by atoms with van der Waals surface area (Å²) in [6.07, 6.45) is 1.58. The van der Waals surface area contributed by atoms with E-state index in [9.17, 15) is 14.4 Å². The van der Waals surface area contributed by atoms with Gasteiger partial charge >= 0.3 is 0 Å². The molecule has 1 aromatic carbocycles. The van der Waals surface area contributed by atoms with E-state index >= 15 is 0 Å². The number of hydrogen-bond acceptors (Lipinski definition) is 7. The number of hydrogen-bond donors (Lipinski definition) is 2. The Labute approximate surface area is 177 Å². The van der Waals surface area contributed by atoms with Crippen molar-refractivity contribution in [3.8, 4) is 11.6 Å². The van der Waals surface area contributed by atoms with Crippen LogP contribution in [0.15, 0.2) is 24.4 Å². The third kappa shape index (κ3) is 3.52. The Morgan fingerprint density at radius 3 is 2.90 bits per heavy atom. The van der Waals surface area contributed by atoms with Crippen LogP contribution >= 0.6 is 0 Å². The van der Waals surface area contributed by atoms with Gasteiger partial charge in [0.1, 0.15) is 25.6 Å². The van der Waals surface area contributed by atoms with Gasteiger partial charge in [-0.05, 0) is 23.6 Å². The van der Waals surface area contributed by atoms with Crippen LogP contribution in [0.1, 0.15) is 10.4 Å². The van der Waals surface area contributed by atoms with E-state index in [4.69, 9.17) is 19.9 Å². The first kappa shape index (κ1) is 19.6. The number of nitrogens with two attached hydrogens (primary N) is 1. The van der Waals surface area contributed by atoms with Gasteiger partial charge in [-0.2, -0.15) is 0 Å². The highest BCUT2D eigenvalue weighted by atomic mass is 16.5. The van der Waals surface area contributed by atoms with Crippen molar-refractivity contribution in [3.05, 3.63) is 30.0 Å². The molecule has 3 atom stereocenters. The monoisotopic (exact) mass is 426 g/mol. The molecule has 3 aliphatic heterocycles. The lowest BCUT2D eigenvalue weighted by atomic mass is 9.94. The summed E-state index contributed by atoms with van der Waals surface area (Å²) in [6, 6.07) is 4.83. The van der Waals surface area contributed by atoms with Gasteiger partial charge in [0.05, 0.1) is 24.1 Å². The molecule has 0 saturated carbocycles. The van der Waals surface area contributed by atoms with Crippen LogP contribution in [-0.4, -0.2) is 73.2 Å². The number of nitrogens with one attached hydrogen (secondary N) is 1. The number of primary amides is 1. The standard InChI is InChI=1S/C21H22N4O6/c22-19(27)13-5-11-1-2-23-21-12(11)6-17(13)30-4-3-29-10-18(26)25-7-14-15(8-25)20(28)24-16(14)9-31-21/h1-2,5-6,14-16H,3-4,7-10H2,(H2,22,27)(H,24,28). The molecule has 2 fully saturated rings. The van der Waals surface area contributed by atoms with Crippen LogP contribution in [0, 0.1) is 11.8 Å². The minimum absolute atomic E-state index is 0.0281. The molecule has 3 aliphatic rings. The number of aromatic nitrogens is 1. The molecule has 0 spiro atoms. The van der Waals surface area contributed by atoms with Crippen molar-refractivity contribution in [1.29, 1.82) is 0 Å². The second kappa shape index (κ2) is 7.69. The van der Waals surface area contributed by atoms with Crippen molar-refractivity contribution in [2.24, 2.45) is 17.6 Å². The molecule has 2 saturated heterocycles. The summed E-state index contributed by atoms with van der Waals surface area (Å²) in [7, 11) is 0. The van der Waals surface area contributed by atoms with E-state index in [1.165, 1.54) is 0 Å². The van der Waals surface area contributed by atoms with Gasteiger partial charge in [0, 0.05) is 30.6 Å². The van der Waals surface area contributed by atoms with E-state index in [1.54, 1.807) is 29.3 Å². The summed E-state index contributed by atoms with van der Waals surface area (Å²) >= 11 is 0. The Balaban J connectivity index is 1.51. The van der Waals surface area contributed by atoms with E-state index in [2.05, 4.69) is 10.3 Å². The van der Waals surface area contributed by atoms with Gasteiger partial charge in [-0.3, -0.25) is 14.4 Å². The highest BCUT2D eigenvalue weighted by molar-refractivity contribution is 6.01. The van der Waals surface area contributed by atoms with Gasteiger partial charge in [0.25, 0.3) is 5.91 Å². The zero-order valence-corrected chi connectivity index (χ0v) is 16.7. The summed E-state index contributed by atoms with van der Waals surface area (Å²) in [6.45, 7) is 1.26. The quantitative estimate of drug-likeness (QED) is 0.639. The van der Waals surface area contributed by atoms with E-state index in [-0.39, 0.29) is 67.4 Å². The van der Waals surface area contributed by atoms with Crippen LogP contribution in [0.5, 0.6) is 11.6 Å². The zero-order chi connectivity index (χ0) is 21.5. The van der Waals surface area contributed by atoms with Gasteiger partial charge < -0.3 is 30.2 Å². The number of ether oxygens (including phenoxy) is 3. The Morgan fingerprint density at radius 1 is 1.19 bits per heavy atom. The van der Waals surface area contributed by atoms with Gasteiger partial charge in [-0.15, -0.1) is 0 Å². The first-order valence-corrected chi connectivity index (χ1v) is 10.2. The van der Waals surface area contributed by atoms with E-state index < -0.39 is 5.91 Å². The predicted octanol–water partition coefficient (Wildman–Crippen LogP) is -0.305. The molecule has 10 nitrogen and oxygen atoms in total. The molecular weight excluding hydrogens is 404 g/mol. The number of rotatable bonds is 1. The van der Waals surface area contributed by atoms with E-state index in [0.717, 1.165) is 5.39 Å². The maximum atomic E-state index is 12.5. The topological polar surface area (TPSA) is 133 Å². The fourth-order valence-electron chi connectivity index (χ4n) is 4.51. The molecule has 4 bridgehead atoms. The minimum atomic E-state index is -0.620. The summed E-state index contributed by atoms with van der Waals surface area (Å²) in [5.74, 6) is -0.473. The second-order valence-electron chi connectivity index (χ2n) is 7.95. The molecule has 0 aliphatic carbocycles. The maximum Gasteiger partial charge on any atom is 0.252 e. The number of pyridine rings is 1. The first-order valence-electron chi connectivity index (χ1n) is 10.2. The van der Waals surface area contributed by atoms with Crippen molar-refractivity contribution in [3.63, 3.8) is 0 Å². The molecule has 2 aromatic rings. The predicted molar refractivity (Wildman–Crippen MR) is 108 cm³/mol. The summed E-state index contributed by atoms with van der Waals surface area (Å²) in [5, 5.41) is 4.37. The normalized spacial score (nSPS) is 25.9. The average molecular weight is 426 g/mol. The number of carbonyl (C=O) groups excluding carboxylic acids is 3. The number of nitrogens with zero attached hydrogens (tertiary/aromatic N) is 2. The first-order chi connectivity index (χ1) is 15.0. The van der Waals surface area contributed by atoms with Gasteiger partial charge in [-0.25, -0.2) is 4.98 Å². The molecule has 0 radical (unpaired) electrons. The third-order valence-corrected chi connectivity index (χ3v) is 6.10. The van der Waals surface area contributed by atoms with Crippen LogP contribution in [0.4, 0.5) is 0 Å². The Morgan fingerprint density at radius 2 is 2.06 bits per heavy atom. The summed E-state index contributed by atoms with van der Waals surface area (Å²) < 4.78 is 17.2. The highest BCUT2D eigenvalue weighted by Gasteiger charge is 2.49. The summed E-state index contributed by atoms with van der Waals surface area (Å²) in [5.41, 5.74) is 5.76. The SMILES string of the molecule is NC(=O)c1cc2ccnc3c2cc1OCCOCC(=O)N1CC2C(=O)NC(CO3)C2C1. The van der Waals surface area contributed by atoms with Crippen LogP contribution in [0.3, 0.4) is 0 Å². The molecule has 3 unspecified atom stereocenters. The molecule has 162 valence electrons. The van der Waals surface area contributed by atoms with E-state index in [0.29, 0.717) is 24.4 Å². The zero-order valence-electron chi connectivity index (χ0n) is 16.7. The molecular formula is C21H22N4O6. The fourth-order valence-corrected chi connectivity index (χ4v) is 4.51. The number of amides is 3. The van der Waals surface area contributed by atoms with Crippen molar-refractivity contribution in [1.82, 2.24) is 15.2 Å². The van der Waals surface area contributed by atoms with Gasteiger partial charge in [-0.1, -0.05) is 0 Å². The number of benzene rings is 1. The molecule has 4 heterocycles. The van der Waals surface area contributed by atoms with Gasteiger partial charge in [0.2, 0.25) is 17.7 Å². The summed E-state index contributed by atoms with van der Waals surface area (Å²) in [4.78, 5) is 42.8. The van der Waals surface area contributed by atoms with Crippen molar-refractivity contribution < 1.29 is 28.6 Å². The lowest BCUT2D eigenvalue weighted by Crippen LogP contribution is -2.41. The number of carbonyl (C=O) groups is 3.